The topological polar surface area (TPSA) is 71.3 Å². The molecule has 0 spiro atoms. The highest BCUT2D eigenvalue weighted by Gasteiger charge is 2.18. The van der Waals surface area contributed by atoms with E-state index in [-0.39, 0.29) is 12.3 Å². The zero-order valence-corrected chi connectivity index (χ0v) is 18.4. The third kappa shape index (κ3) is 6.17. The highest BCUT2D eigenvalue weighted by Crippen LogP contribution is 2.22. The van der Waals surface area contributed by atoms with Crippen molar-refractivity contribution < 1.29 is 9.32 Å². The fourth-order valence-corrected chi connectivity index (χ4v) is 3.62. The zero-order chi connectivity index (χ0) is 21.6. The van der Waals surface area contributed by atoms with Gasteiger partial charge < -0.3 is 9.84 Å². The molecule has 0 aliphatic carbocycles. The third-order valence-electron chi connectivity index (χ3n) is 5.06. The molecule has 6 nitrogen and oxygen atoms in total. The van der Waals surface area contributed by atoms with Gasteiger partial charge in [-0.2, -0.15) is 4.98 Å². The molecule has 0 bridgehead atoms. The summed E-state index contributed by atoms with van der Waals surface area (Å²) in [7, 11) is 0. The molecule has 0 atom stereocenters. The number of benzene rings is 2. The Morgan fingerprint density at radius 2 is 1.77 bits per heavy atom. The Morgan fingerprint density at radius 3 is 2.45 bits per heavy atom. The predicted octanol–water partition coefficient (Wildman–Crippen LogP) is 5.24. The van der Waals surface area contributed by atoms with Crippen molar-refractivity contribution in [1.29, 1.82) is 0 Å². The Hall–Kier alpha value is -2.67. The van der Waals surface area contributed by atoms with E-state index in [0.29, 0.717) is 28.8 Å². The molecule has 3 aromatic rings. The van der Waals surface area contributed by atoms with E-state index in [1.165, 1.54) is 5.56 Å². The molecule has 2 aromatic carbocycles. The van der Waals surface area contributed by atoms with Crippen LogP contribution in [0.3, 0.4) is 0 Å². The van der Waals surface area contributed by atoms with E-state index in [0.717, 1.165) is 36.7 Å². The maximum atomic E-state index is 12.1. The van der Waals surface area contributed by atoms with Crippen molar-refractivity contribution in [3.05, 3.63) is 81.9 Å². The molecule has 1 aliphatic rings. The maximum absolute atomic E-state index is 12.1. The van der Waals surface area contributed by atoms with Gasteiger partial charge in [0.25, 0.3) is 0 Å². The van der Waals surface area contributed by atoms with Crippen molar-refractivity contribution in [2.24, 2.45) is 0 Å². The highest BCUT2D eigenvalue weighted by molar-refractivity contribution is 6.30. The monoisotopic (exact) mass is 456 g/mol. The van der Waals surface area contributed by atoms with Crippen LogP contribution in [0.1, 0.15) is 30.1 Å². The molecule has 31 heavy (non-hydrogen) atoms. The minimum Gasteiger partial charge on any atom is -0.339 e. The van der Waals surface area contributed by atoms with Crippen LogP contribution in [0.4, 0.5) is 5.69 Å². The molecule has 8 heteroatoms. The largest absolute Gasteiger partial charge is 0.339 e. The van der Waals surface area contributed by atoms with Crippen molar-refractivity contribution in [3.63, 3.8) is 0 Å². The third-order valence-corrected chi connectivity index (χ3v) is 5.57. The van der Waals surface area contributed by atoms with Crippen LogP contribution in [-0.4, -0.2) is 34.0 Å². The van der Waals surface area contributed by atoms with Gasteiger partial charge in [-0.25, -0.2) is 0 Å². The van der Waals surface area contributed by atoms with Crippen LogP contribution >= 0.6 is 23.2 Å². The number of carbonyl (C=O) groups excluding carboxylic acids is 1. The van der Waals surface area contributed by atoms with Crippen LogP contribution in [0.25, 0.3) is 5.57 Å². The summed E-state index contributed by atoms with van der Waals surface area (Å²) in [6, 6.07) is 14.9. The van der Waals surface area contributed by atoms with E-state index < -0.39 is 0 Å². The summed E-state index contributed by atoms with van der Waals surface area (Å²) in [6.45, 7) is 2.62. The van der Waals surface area contributed by atoms with Gasteiger partial charge >= 0.3 is 0 Å². The van der Waals surface area contributed by atoms with Gasteiger partial charge in [-0.15, -0.1) is 0 Å². The smallest absolute Gasteiger partial charge is 0.227 e. The van der Waals surface area contributed by atoms with Crippen molar-refractivity contribution >= 4 is 40.4 Å². The van der Waals surface area contributed by atoms with Crippen molar-refractivity contribution in [2.75, 3.05) is 18.4 Å². The van der Waals surface area contributed by atoms with Crippen molar-refractivity contribution in [2.45, 2.75) is 25.8 Å². The Kier molecular flexibility index (Phi) is 7.02. The molecule has 2 heterocycles. The fourth-order valence-electron chi connectivity index (χ4n) is 3.37. The number of amides is 1. The van der Waals surface area contributed by atoms with Crippen LogP contribution in [-0.2, 0) is 17.8 Å². The van der Waals surface area contributed by atoms with E-state index in [1.54, 1.807) is 24.3 Å². The molecule has 0 saturated heterocycles. The minimum atomic E-state index is -0.114. The zero-order valence-electron chi connectivity index (χ0n) is 16.9. The van der Waals surface area contributed by atoms with Crippen LogP contribution in [0.2, 0.25) is 10.0 Å². The number of hydrogen-bond donors (Lipinski definition) is 1. The van der Waals surface area contributed by atoms with Crippen LogP contribution in [0, 0.1) is 0 Å². The number of nitrogens with zero attached hydrogens (tertiary/aromatic N) is 3. The van der Waals surface area contributed by atoms with E-state index >= 15 is 0 Å². The Labute approximate surface area is 190 Å². The predicted molar refractivity (Wildman–Crippen MR) is 122 cm³/mol. The minimum absolute atomic E-state index is 0.114. The number of aryl methyl sites for hydroxylation is 1. The normalized spacial score (nSPS) is 14.3. The lowest BCUT2D eigenvalue weighted by Crippen LogP contribution is -2.28. The summed E-state index contributed by atoms with van der Waals surface area (Å²) in [5.74, 6) is 0.960. The number of nitrogens with one attached hydrogen (secondary N) is 1. The SMILES string of the molecule is O=C(CCc1nc(C2=CCN(Cc3ccc(Cl)cc3)CC2)no1)Nc1ccc(Cl)cc1. The van der Waals surface area contributed by atoms with E-state index in [1.807, 2.05) is 12.1 Å². The molecule has 0 radical (unpaired) electrons. The number of halogens is 2. The lowest BCUT2D eigenvalue weighted by molar-refractivity contribution is -0.116. The second-order valence-corrected chi connectivity index (χ2v) is 8.28. The van der Waals surface area contributed by atoms with Gasteiger partial charge in [0.2, 0.25) is 11.8 Å². The van der Waals surface area contributed by atoms with Crippen molar-refractivity contribution in [1.82, 2.24) is 15.0 Å². The Morgan fingerprint density at radius 1 is 1.06 bits per heavy atom. The molecule has 1 aromatic heterocycles. The van der Waals surface area contributed by atoms with Crippen LogP contribution < -0.4 is 5.32 Å². The Bertz CT molecular complexity index is 1060. The number of hydrogen-bond acceptors (Lipinski definition) is 5. The number of anilines is 1. The summed E-state index contributed by atoms with van der Waals surface area (Å²) >= 11 is 11.8. The average Bonchev–Trinajstić information content (AvgIpc) is 3.25. The number of rotatable bonds is 7. The van der Waals surface area contributed by atoms with Gasteiger partial charge in [-0.1, -0.05) is 46.6 Å². The standard InChI is InChI=1S/C23H22Cl2N4O2/c24-18-3-1-16(2-4-18)15-29-13-11-17(12-14-29)23-27-22(31-28-23)10-9-21(30)26-20-7-5-19(25)6-8-20/h1-8,11H,9-10,12-15H2,(H,26,30). The first-order chi connectivity index (χ1) is 15.0. The van der Waals surface area contributed by atoms with Gasteiger partial charge in [-0.3, -0.25) is 9.69 Å². The van der Waals surface area contributed by atoms with Gasteiger partial charge in [0, 0.05) is 48.2 Å². The second kappa shape index (κ2) is 10.1. The van der Waals surface area contributed by atoms with Gasteiger partial charge in [-0.05, 0) is 54.0 Å². The fraction of sp³-hybridized carbons (Fsp3) is 0.261. The molecule has 0 fully saturated rings. The lowest BCUT2D eigenvalue weighted by atomic mass is 10.1. The number of carbonyl (C=O) groups is 1. The first-order valence-electron chi connectivity index (χ1n) is 10.1. The van der Waals surface area contributed by atoms with E-state index in [9.17, 15) is 4.79 Å². The molecular weight excluding hydrogens is 435 g/mol. The first-order valence-corrected chi connectivity index (χ1v) is 10.8. The quantitative estimate of drug-likeness (QED) is 0.526. The average molecular weight is 457 g/mol. The van der Waals surface area contributed by atoms with Gasteiger partial charge in [0.1, 0.15) is 0 Å². The lowest BCUT2D eigenvalue weighted by Gasteiger charge is -2.25. The van der Waals surface area contributed by atoms with E-state index in [2.05, 4.69) is 38.6 Å². The van der Waals surface area contributed by atoms with Crippen LogP contribution in [0.15, 0.2) is 59.1 Å². The molecule has 0 saturated carbocycles. The first kappa shape index (κ1) is 21.6. The number of aromatic nitrogens is 2. The highest BCUT2D eigenvalue weighted by atomic mass is 35.5. The summed E-state index contributed by atoms with van der Waals surface area (Å²) in [5, 5.41) is 8.30. The van der Waals surface area contributed by atoms with Gasteiger partial charge in [0.05, 0.1) is 0 Å². The maximum Gasteiger partial charge on any atom is 0.227 e. The molecule has 1 N–H and O–H groups in total. The van der Waals surface area contributed by atoms with Crippen molar-refractivity contribution in [3.8, 4) is 0 Å². The summed E-state index contributed by atoms with van der Waals surface area (Å²) < 4.78 is 5.34. The van der Waals surface area contributed by atoms with Crippen LogP contribution in [0.5, 0.6) is 0 Å². The van der Waals surface area contributed by atoms with E-state index in [4.69, 9.17) is 27.7 Å². The van der Waals surface area contributed by atoms with Gasteiger partial charge in [0.15, 0.2) is 5.82 Å². The molecule has 1 amide bonds. The molecule has 4 rings (SSSR count). The Balaban J connectivity index is 1.26. The summed E-state index contributed by atoms with van der Waals surface area (Å²) in [4.78, 5) is 18.9. The summed E-state index contributed by atoms with van der Waals surface area (Å²) in [6.07, 6.45) is 3.64. The second-order valence-electron chi connectivity index (χ2n) is 7.41. The molecule has 160 valence electrons. The molecule has 0 unspecified atom stereocenters. The molecule has 1 aliphatic heterocycles. The summed E-state index contributed by atoms with van der Waals surface area (Å²) in [5.41, 5.74) is 3.02. The molecular formula is C23H22Cl2N4O2.